The van der Waals surface area contributed by atoms with Crippen LogP contribution in [0.4, 0.5) is 5.69 Å². The van der Waals surface area contributed by atoms with Crippen molar-refractivity contribution in [2.75, 3.05) is 4.72 Å². The molecule has 1 atom stereocenters. The van der Waals surface area contributed by atoms with Crippen LogP contribution in [-0.2, 0) is 11.3 Å². The van der Waals surface area contributed by atoms with E-state index in [0.717, 1.165) is 11.1 Å². The van der Waals surface area contributed by atoms with Crippen LogP contribution >= 0.6 is 11.6 Å². The standard InChI is InChI=1S/C14H14ClNO3S/c1-9-7-13(14(17)8-10(9)2)16-20(18)19-12-5-3-11(15)4-6-12/h3-8,16-17H,1-2H3. The Balaban J connectivity index is 2.08. The molecule has 4 nitrogen and oxygen atoms in total. The van der Waals surface area contributed by atoms with E-state index in [2.05, 4.69) is 4.72 Å². The van der Waals surface area contributed by atoms with Crippen molar-refractivity contribution in [2.24, 2.45) is 0 Å². The number of aromatic hydroxyl groups is 1. The van der Waals surface area contributed by atoms with E-state index in [9.17, 15) is 9.32 Å². The quantitative estimate of drug-likeness (QED) is 0.846. The largest absolute Gasteiger partial charge is 0.506 e. The maximum absolute atomic E-state index is 11.8. The lowest BCUT2D eigenvalue weighted by molar-refractivity contribution is 0.477. The molecule has 0 heterocycles. The molecule has 0 bridgehead atoms. The number of rotatable bonds is 4. The zero-order valence-electron chi connectivity index (χ0n) is 11.0. The first kappa shape index (κ1) is 14.7. The number of phenolic OH excluding ortho intramolecular Hbond substituents is 1. The van der Waals surface area contributed by atoms with Gasteiger partial charge in [0.25, 0.3) is 0 Å². The Morgan fingerprint density at radius 2 is 1.75 bits per heavy atom. The van der Waals surface area contributed by atoms with Gasteiger partial charge in [0.1, 0.15) is 11.5 Å². The van der Waals surface area contributed by atoms with E-state index in [1.54, 1.807) is 36.4 Å². The fourth-order valence-electron chi connectivity index (χ4n) is 1.57. The highest BCUT2D eigenvalue weighted by molar-refractivity contribution is 7.82. The average molecular weight is 312 g/mol. The highest BCUT2D eigenvalue weighted by Gasteiger charge is 2.09. The Bertz CT molecular complexity index is 644. The highest BCUT2D eigenvalue weighted by atomic mass is 35.5. The predicted octanol–water partition coefficient (Wildman–Crippen LogP) is 3.73. The fraction of sp³-hybridized carbons (Fsp3) is 0.143. The van der Waals surface area contributed by atoms with Crippen LogP contribution in [-0.4, -0.2) is 9.32 Å². The Hall–Kier alpha value is -1.72. The maximum atomic E-state index is 11.8. The molecule has 0 aliphatic heterocycles. The summed E-state index contributed by atoms with van der Waals surface area (Å²) in [5.41, 5.74) is 2.30. The minimum absolute atomic E-state index is 0.0288. The topological polar surface area (TPSA) is 58.6 Å². The van der Waals surface area contributed by atoms with Crippen molar-refractivity contribution >= 4 is 28.6 Å². The summed E-state index contributed by atoms with van der Waals surface area (Å²) in [6.45, 7) is 3.79. The molecule has 0 spiro atoms. The van der Waals surface area contributed by atoms with Crippen LogP contribution in [0.1, 0.15) is 11.1 Å². The van der Waals surface area contributed by atoms with Gasteiger partial charge in [0.2, 0.25) is 0 Å². The number of benzene rings is 2. The van der Waals surface area contributed by atoms with Crippen LogP contribution in [0.2, 0.25) is 5.02 Å². The molecule has 6 heteroatoms. The van der Waals surface area contributed by atoms with Crippen molar-refractivity contribution in [3.8, 4) is 11.5 Å². The molecule has 20 heavy (non-hydrogen) atoms. The predicted molar refractivity (Wildman–Crippen MR) is 81.4 cm³/mol. The number of aryl methyl sites for hydroxylation is 2. The maximum Gasteiger partial charge on any atom is 0.316 e. The van der Waals surface area contributed by atoms with Crippen LogP contribution in [0.5, 0.6) is 11.5 Å². The first-order valence-electron chi connectivity index (χ1n) is 5.88. The van der Waals surface area contributed by atoms with Crippen LogP contribution in [0, 0.1) is 13.8 Å². The lowest BCUT2D eigenvalue weighted by Crippen LogP contribution is -2.11. The molecule has 0 amide bonds. The molecular formula is C14H14ClNO3S. The number of hydrogen-bond acceptors (Lipinski definition) is 3. The summed E-state index contributed by atoms with van der Waals surface area (Å²) in [7, 11) is 0. The Morgan fingerprint density at radius 1 is 1.15 bits per heavy atom. The first-order chi connectivity index (χ1) is 9.45. The van der Waals surface area contributed by atoms with E-state index < -0.39 is 11.3 Å². The van der Waals surface area contributed by atoms with Gasteiger partial charge in [-0.3, -0.25) is 4.72 Å². The number of anilines is 1. The Kier molecular flexibility index (Phi) is 4.52. The minimum atomic E-state index is -1.81. The van der Waals surface area contributed by atoms with Gasteiger partial charge in [-0.15, -0.1) is 0 Å². The zero-order chi connectivity index (χ0) is 14.7. The van der Waals surface area contributed by atoms with Gasteiger partial charge in [-0.05, 0) is 61.4 Å². The van der Waals surface area contributed by atoms with Gasteiger partial charge < -0.3 is 9.29 Å². The van der Waals surface area contributed by atoms with Crippen LogP contribution in [0.25, 0.3) is 0 Å². The molecule has 106 valence electrons. The smallest absolute Gasteiger partial charge is 0.316 e. The minimum Gasteiger partial charge on any atom is -0.506 e. The Morgan fingerprint density at radius 3 is 2.40 bits per heavy atom. The SMILES string of the molecule is Cc1cc(O)c(NS(=O)Oc2ccc(Cl)cc2)cc1C. The molecule has 0 aromatic heterocycles. The van der Waals surface area contributed by atoms with Crippen LogP contribution in [0.3, 0.4) is 0 Å². The molecule has 0 fully saturated rings. The Labute approximate surface area is 125 Å². The van der Waals surface area contributed by atoms with Gasteiger partial charge in [0.15, 0.2) is 0 Å². The van der Waals surface area contributed by atoms with Gasteiger partial charge >= 0.3 is 11.3 Å². The molecule has 0 saturated carbocycles. The van der Waals surface area contributed by atoms with E-state index >= 15 is 0 Å². The summed E-state index contributed by atoms with van der Waals surface area (Å²) >= 11 is 3.94. The molecule has 2 rings (SSSR count). The molecular weight excluding hydrogens is 298 g/mol. The first-order valence-corrected chi connectivity index (χ1v) is 7.33. The molecule has 2 aromatic rings. The molecule has 2 N–H and O–H groups in total. The summed E-state index contributed by atoms with van der Waals surface area (Å²) < 4.78 is 19.6. The highest BCUT2D eigenvalue weighted by Crippen LogP contribution is 2.27. The van der Waals surface area contributed by atoms with Gasteiger partial charge in [-0.25, -0.2) is 0 Å². The molecule has 2 aromatic carbocycles. The summed E-state index contributed by atoms with van der Waals surface area (Å²) in [6.07, 6.45) is 0. The average Bonchev–Trinajstić information content (AvgIpc) is 2.39. The van der Waals surface area contributed by atoms with Gasteiger partial charge in [0.05, 0.1) is 5.69 Å². The summed E-state index contributed by atoms with van der Waals surface area (Å²) in [4.78, 5) is 0. The van der Waals surface area contributed by atoms with Crippen molar-refractivity contribution in [3.05, 3.63) is 52.5 Å². The van der Waals surface area contributed by atoms with Crippen molar-refractivity contribution < 1.29 is 13.5 Å². The molecule has 0 aliphatic rings. The van der Waals surface area contributed by atoms with E-state index in [0.29, 0.717) is 16.5 Å². The summed E-state index contributed by atoms with van der Waals surface area (Å²) in [6, 6.07) is 9.83. The molecule has 0 saturated heterocycles. The third-order valence-corrected chi connectivity index (χ3v) is 3.77. The van der Waals surface area contributed by atoms with Crippen molar-refractivity contribution in [3.63, 3.8) is 0 Å². The lowest BCUT2D eigenvalue weighted by Gasteiger charge is -2.10. The number of hydrogen-bond donors (Lipinski definition) is 2. The van der Waals surface area contributed by atoms with Crippen LogP contribution in [0.15, 0.2) is 36.4 Å². The van der Waals surface area contributed by atoms with E-state index in [-0.39, 0.29) is 5.75 Å². The van der Waals surface area contributed by atoms with Gasteiger partial charge in [0, 0.05) is 5.02 Å². The summed E-state index contributed by atoms with van der Waals surface area (Å²) in [5, 5.41) is 10.4. The third-order valence-electron chi connectivity index (χ3n) is 2.79. The summed E-state index contributed by atoms with van der Waals surface area (Å²) in [5.74, 6) is 0.449. The van der Waals surface area contributed by atoms with Gasteiger partial charge in [-0.2, -0.15) is 4.21 Å². The van der Waals surface area contributed by atoms with Crippen molar-refractivity contribution in [1.82, 2.24) is 0 Å². The second-order valence-electron chi connectivity index (χ2n) is 4.33. The molecule has 0 radical (unpaired) electrons. The number of phenols is 1. The van der Waals surface area contributed by atoms with Crippen molar-refractivity contribution in [1.29, 1.82) is 0 Å². The number of nitrogens with one attached hydrogen (secondary N) is 1. The second kappa shape index (κ2) is 6.15. The van der Waals surface area contributed by atoms with E-state index in [4.69, 9.17) is 15.8 Å². The second-order valence-corrected chi connectivity index (χ2v) is 5.60. The third kappa shape index (κ3) is 3.65. The normalized spacial score (nSPS) is 11.9. The molecule has 0 aliphatic carbocycles. The van der Waals surface area contributed by atoms with E-state index in [1.165, 1.54) is 0 Å². The lowest BCUT2D eigenvalue weighted by atomic mass is 10.1. The van der Waals surface area contributed by atoms with Crippen LogP contribution < -0.4 is 8.91 Å². The fourth-order valence-corrected chi connectivity index (χ4v) is 2.37. The molecule has 1 unspecified atom stereocenters. The van der Waals surface area contributed by atoms with Gasteiger partial charge in [-0.1, -0.05) is 11.6 Å². The number of halogens is 1. The monoisotopic (exact) mass is 311 g/mol. The van der Waals surface area contributed by atoms with Crippen molar-refractivity contribution in [2.45, 2.75) is 13.8 Å². The van der Waals surface area contributed by atoms with E-state index in [1.807, 2.05) is 13.8 Å². The zero-order valence-corrected chi connectivity index (χ0v) is 12.6.